The lowest BCUT2D eigenvalue weighted by atomic mass is 10.1. The van der Waals surface area contributed by atoms with Gasteiger partial charge in [-0.1, -0.05) is 0 Å². The number of hydrogen-bond donors (Lipinski definition) is 2. The van der Waals surface area contributed by atoms with Gasteiger partial charge in [0.1, 0.15) is 23.7 Å². The van der Waals surface area contributed by atoms with E-state index in [1.807, 2.05) is 13.8 Å². The van der Waals surface area contributed by atoms with Gasteiger partial charge in [-0.15, -0.1) is 24.0 Å². The first-order chi connectivity index (χ1) is 10.7. The van der Waals surface area contributed by atoms with Crippen molar-refractivity contribution < 1.29 is 8.81 Å². The van der Waals surface area contributed by atoms with Crippen molar-refractivity contribution in [2.75, 3.05) is 13.1 Å². The molecule has 1 aliphatic rings. The highest BCUT2D eigenvalue weighted by Crippen LogP contribution is 2.28. The van der Waals surface area contributed by atoms with Crippen molar-refractivity contribution in [3.63, 3.8) is 0 Å². The van der Waals surface area contributed by atoms with E-state index in [9.17, 15) is 4.39 Å². The molecule has 1 aromatic heterocycles. The Hall–Kier alpha value is -1.31. The summed E-state index contributed by atoms with van der Waals surface area (Å²) < 4.78 is 19.1. The van der Waals surface area contributed by atoms with Crippen LogP contribution in [0.5, 0.6) is 0 Å². The van der Waals surface area contributed by atoms with E-state index in [0.29, 0.717) is 12.1 Å². The van der Waals surface area contributed by atoms with E-state index < -0.39 is 0 Å². The second-order valence-corrected chi connectivity index (χ2v) is 5.81. The molecule has 0 amide bonds. The zero-order chi connectivity index (χ0) is 15.5. The van der Waals surface area contributed by atoms with Gasteiger partial charge in [-0.25, -0.2) is 9.38 Å². The summed E-state index contributed by atoms with van der Waals surface area (Å²) in [5.74, 6) is 2.13. The number of halogens is 2. The summed E-state index contributed by atoms with van der Waals surface area (Å²) >= 11 is 0. The Balaban J connectivity index is 0.00000192. The molecular weight excluding hydrogens is 408 g/mol. The minimum atomic E-state index is -0.245. The molecule has 4 nitrogen and oxygen atoms in total. The van der Waals surface area contributed by atoms with Gasteiger partial charge in [0.2, 0.25) is 0 Å². The van der Waals surface area contributed by atoms with Crippen molar-refractivity contribution in [2.45, 2.75) is 33.2 Å². The number of nitrogens with zero attached hydrogens (tertiary/aromatic N) is 1. The minimum absolute atomic E-state index is 0. The largest absolute Gasteiger partial charge is 0.459 e. The molecule has 2 aromatic rings. The van der Waals surface area contributed by atoms with Gasteiger partial charge in [0, 0.05) is 24.0 Å². The topological polar surface area (TPSA) is 49.6 Å². The molecule has 126 valence electrons. The number of nitrogens with one attached hydrogen (secondary N) is 2. The van der Waals surface area contributed by atoms with Gasteiger partial charge in [-0.3, -0.25) is 0 Å². The van der Waals surface area contributed by atoms with Crippen LogP contribution in [0.15, 0.2) is 27.6 Å². The summed E-state index contributed by atoms with van der Waals surface area (Å²) in [5, 5.41) is 7.41. The molecule has 3 rings (SSSR count). The van der Waals surface area contributed by atoms with Crippen LogP contribution in [0.3, 0.4) is 0 Å². The standard InChI is InChI=1S/C17H22FN3O.HI/c1-3-19-17(20-9-12-4-5-12)21-10-16-11(2)14-8-13(18)6-7-15(14)22-16;/h6-8,12H,3-5,9-10H2,1-2H3,(H2,19,20,21);1H. The number of hydrogen-bond acceptors (Lipinski definition) is 2. The normalized spacial score (nSPS) is 14.7. The first-order valence-corrected chi connectivity index (χ1v) is 7.87. The Morgan fingerprint density at radius 1 is 1.35 bits per heavy atom. The lowest BCUT2D eigenvalue weighted by Gasteiger charge is -2.10. The Labute approximate surface area is 152 Å². The van der Waals surface area contributed by atoms with E-state index in [1.54, 1.807) is 6.07 Å². The smallest absolute Gasteiger partial charge is 0.191 e. The maximum Gasteiger partial charge on any atom is 0.191 e. The Morgan fingerprint density at radius 2 is 2.13 bits per heavy atom. The fourth-order valence-electron chi connectivity index (χ4n) is 2.45. The average Bonchev–Trinajstić information content (AvgIpc) is 3.28. The number of aliphatic imine (C=N–C) groups is 1. The first kappa shape index (κ1) is 18.0. The molecule has 0 spiro atoms. The third-order valence-corrected chi connectivity index (χ3v) is 3.98. The lowest BCUT2D eigenvalue weighted by Crippen LogP contribution is -2.38. The van der Waals surface area contributed by atoms with Crippen LogP contribution in [-0.4, -0.2) is 19.0 Å². The predicted octanol–water partition coefficient (Wildman–Crippen LogP) is 3.96. The molecule has 0 radical (unpaired) electrons. The molecule has 1 fully saturated rings. The molecule has 1 saturated carbocycles. The number of guanidine groups is 1. The highest BCUT2D eigenvalue weighted by atomic mass is 127. The molecule has 1 heterocycles. The summed E-state index contributed by atoms with van der Waals surface area (Å²) in [4.78, 5) is 4.57. The summed E-state index contributed by atoms with van der Waals surface area (Å²) in [7, 11) is 0. The van der Waals surface area contributed by atoms with Gasteiger partial charge in [0.25, 0.3) is 0 Å². The second kappa shape index (κ2) is 7.99. The molecule has 0 unspecified atom stereocenters. The Bertz CT molecular complexity index is 694. The van der Waals surface area contributed by atoms with Crippen LogP contribution in [-0.2, 0) is 6.54 Å². The molecule has 1 aliphatic carbocycles. The van der Waals surface area contributed by atoms with E-state index in [-0.39, 0.29) is 29.8 Å². The molecule has 23 heavy (non-hydrogen) atoms. The maximum absolute atomic E-state index is 13.3. The van der Waals surface area contributed by atoms with Gasteiger partial charge in [0.05, 0.1) is 0 Å². The van der Waals surface area contributed by atoms with Crippen molar-refractivity contribution in [1.82, 2.24) is 10.6 Å². The van der Waals surface area contributed by atoms with Crippen LogP contribution < -0.4 is 10.6 Å². The average molecular weight is 431 g/mol. The second-order valence-electron chi connectivity index (χ2n) is 5.81. The van der Waals surface area contributed by atoms with Gasteiger partial charge in [-0.05, 0) is 50.8 Å². The SMILES string of the molecule is CCNC(=NCc1oc2ccc(F)cc2c1C)NCC1CC1.I. The number of rotatable bonds is 5. The van der Waals surface area contributed by atoms with Gasteiger partial charge < -0.3 is 15.1 Å². The summed E-state index contributed by atoms with van der Waals surface area (Å²) in [5.41, 5.74) is 1.66. The highest BCUT2D eigenvalue weighted by Gasteiger charge is 2.21. The highest BCUT2D eigenvalue weighted by molar-refractivity contribution is 14.0. The van der Waals surface area contributed by atoms with Crippen molar-refractivity contribution in [1.29, 1.82) is 0 Å². The van der Waals surface area contributed by atoms with Crippen LogP contribution in [0, 0.1) is 18.7 Å². The van der Waals surface area contributed by atoms with Crippen molar-refractivity contribution in [2.24, 2.45) is 10.9 Å². The molecule has 1 aromatic carbocycles. The Kier molecular flexibility index (Phi) is 6.26. The number of furan rings is 1. The van der Waals surface area contributed by atoms with Crippen molar-refractivity contribution >= 4 is 40.9 Å². The van der Waals surface area contributed by atoms with Gasteiger partial charge in [-0.2, -0.15) is 0 Å². The van der Waals surface area contributed by atoms with Crippen LogP contribution in [0.25, 0.3) is 11.0 Å². The van der Waals surface area contributed by atoms with Crippen LogP contribution in [0.4, 0.5) is 4.39 Å². The zero-order valence-electron chi connectivity index (χ0n) is 13.5. The minimum Gasteiger partial charge on any atom is -0.459 e. The Morgan fingerprint density at radius 3 is 2.83 bits per heavy atom. The molecule has 2 N–H and O–H groups in total. The molecular formula is C17H23FIN3O. The molecule has 0 bridgehead atoms. The van der Waals surface area contributed by atoms with E-state index in [0.717, 1.165) is 41.7 Å². The predicted molar refractivity (Wildman–Crippen MR) is 102 cm³/mol. The quantitative estimate of drug-likeness (QED) is 0.428. The van der Waals surface area contributed by atoms with Gasteiger partial charge >= 0.3 is 0 Å². The molecule has 0 atom stereocenters. The van der Waals surface area contributed by atoms with Crippen LogP contribution in [0.1, 0.15) is 31.1 Å². The monoisotopic (exact) mass is 431 g/mol. The van der Waals surface area contributed by atoms with Crippen molar-refractivity contribution in [3.05, 3.63) is 35.3 Å². The van der Waals surface area contributed by atoms with Crippen molar-refractivity contribution in [3.8, 4) is 0 Å². The summed E-state index contributed by atoms with van der Waals surface area (Å²) in [6.45, 7) is 6.23. The first-order valence-electron chi connectivity index (χ1n) is 7.87. The third-order valence-electron chi connectivity index (χ3n) is 3.98. The summed E-state index contributed by atoms with van der Waals surface area (Å²) in [6, 6.07) is 4.60. The zero-order valence-corrected chi connectivity index (χ0v) is 15.8. The summed E-state index contributed by atoms with van der Waals surface area (Å²) in [6.07, 6.45) is 2.61. The number of benzene rings is 1. The number of fused-ring (bicyclic) bond motifs is 1. The van der Waals surface area contributed by atoms with E-state index in [2.05, 4.69) is 15.6 Å². The molecule has 0 aliphatic heterocycles. The lowest BCUT2D eigenvalue weighted by molar-refractivity contribution is 0.547. The maximum atomic E-state index is 13.3. The fraction of sp³-hybridized carbons (Fsp3) is 0.471. The number of aryl methyl sites for hydroxylation is 1. The van der Waals surface area contributed by atoms with Crippen LogP contribution >= 0.6 is 24.0 Å². The fourth-order valence-corrected chi connectivity index (χ4v) is 2.45. The van der Waals surface area contributed by atoms with E-state index >= 15 is 0 Å². The van der Waals surface area contributed by atoms with E-state index in [1.165, 1.54) is 25.0 Å². The van der Waals surface area contributed by atoms with Crippen LogP contribution in [0.2, 0.25) is 0 Å². The van der Waals surface area contributed by atoms with E-state index in [4.69, 9.17) is 4.42 Å². The molecule has 6 heteroatoms. The van der Waals surface area contributed by atoms with Gasteiger partial charge in [0.15, 0.2) is 5.96 Å². The molecule has 0 saturated heterocycles. The third kappa shape index (κ3) is 4.59.